The first kappa shape index (κ1) is 25.5. The second kappa shape index (κ2) is 11.0. The normalized spacial score (nSPS) is 14.4. The molecule has 1 fully saturated rings. The van der Waals surface area contributed by atoms with Gasteiger partial charge in [-0.2, -0.15) is 24.5 Å². The van der Waals surface area contributed by atoms with Crippen LogP contribution in [0.3, 0.4) is 0 Å². The van der Waals surface area contributed by atoms with E-state index in [1.165, 1.54) is 5.56 Å². The Labute approximate surface area is 209 Å². The van der Waals surface area contributed by atoms with Crippen molar-refractivity contribution in [1.82, 2.24) is 19.3 Å². The molecule has 0 spiro atoms. The molecule has 0 bridgehead atoms. The average Bonchev–Trinajstić information content (AvgIpc) is 3.54. The van der Waals surface area contributed by atoms with Crippen molar-refractivity contribution in [3.63, 3.8) is 0 Å². The maximum atomic E-state index is 10.6. The minimum atomic E-state index is -5.08. The smallest absolute Gasteiger partial charge is 0.490 e. The number of hydrogen-bond acceptors (Lipinski definition) is 7. The fourth-order valence-corrected chi connectivity index (χ4v) is 4.54. The number of thiophene rings is 1. The van der Waals surface area contributed by atoms with E-state index in [0.717, 1.165) is 61.2 Å². The summed E-state index contributed by atoms with van der Waals surface area (Å²) in [5.74, 6) is -0.960. The second-order valence-corrected chi connectivity index (χ2v) is 8.80. The summed E-state index contributed by atoms with van der Waals surface area (Å²) in [6, 6.07) is 10.3. The van der Waals surface area contributed by atoms with Gasteiger partial charge in [-0.1, -0.05) is 12.1 Å². The van der Waals surface area contributed by atoms with Crippen LogP contribution in [0.5, 0.6) is 5.75 Å². The van der Waals surface area contributed by atoms with E-state index < -0.39 is 12.1 Å². The fourth-order valence-electron chi connectivity index (χ4n) is 3.88. The summed E-state index contributed by atoms with van der Waals surface area (Å²) < 4.78 is 39.2. The number of carbonyl (C=O) groups is 1. The van der Waals surface area contributed by atoms with E-state index in [-0.39, 0.29) is 0 Å². The predicted octanol–water partition coefficient (Wildman–Crippen LogP) is 4.42. The largest absolute Gasteiger partial charge is 0.497 e. The topological polar surface area (TPSA) is 83.2 Å². The Bertz CT molecular complexity index is 1300. The lowest BCUT2D eigenvalue weighted by Crippen LogP contribution is -2.46. The molecule has 0 unspecified atom stereocenters. The van der Waals surface area contributed by atoms with Crippen LogP contribution in [-0.4, -0.2) is 69.8 Å². The molecule has 0 atom stereocenters. The van der Waals surface area contributed by atoms with E-state index in [2.05, 4.69) is 42.1 Å². The molecule has 0 saturated carbocycles. The number of imidazole rings is 1. The molecule has 0 radical (unpaired) electrons. The zero-order valence-electron chi connectivity index (χ0n) is 19.4. The highest BCUT2D eigenvalue weighted by atomic mass is 32.1. The first-order valence-corrected chi connectivity index (χ1v) is 12.0. The van der Waals surface area contributed by atoms with Gasteiger partial charge in [-0.25, -0.2) is 14.8 Å². The van der Waals surface area contributed by atoms with Crippen LogP contribution < -0.4 is 9.64 Å². The summed E-state index contributed by atoms with van der Waals surface area (Å²) in [6.45, 7) is 5.00. The van der Waals surface area contributed by atoms with Gasteiger partial charge in [0.1, 0.15) is 5.75 Å². The van der Waals surface area contributed by atoms with Gasteiger partial charge in [0.05, 0.1) is 19.0 Å². The molecule has 0 aliphatic carbocycles. The van der Waals surface area contributed by atoms with Gasteiger partial charge in [0, 0.05) is 50.7 Å². The second-order valence-electron chi connectivity index (χ2n) is 8.02. The zero-order valence-corrected chi connectivity index (χ0v) is 20.2. The molecular formula is C24H24F3N5O3S. The quantitative estimate of drug-likeness (QED) is 0.418. The molecular weight excluding hydrogens is 495 g/mol. The van der Waals surface area contributed by atoms with Crippen LogP contribution in [0.2, 0.25) is 0 Å². The van der Waals surface area contributed by atoms with Crippen molar-refractivity contribution >= 4 is 28.8 Å². The van der Waals surface area contributed by atoms with Crippen LogP contribution in [0, 0.1) is 0 Å². The highest BCUT2D eigenvalue weighted by Gasteiger charge is 2.38. The van der Waals surface area contributed by atoms with Crippen molar-refractivity contribution < 1.29 is 27.8 Å². The maximum Gasteiger partial charge on any atom is 0.490 e. The molecule has 12 heteroatoms. The standard InChI is InChI=1S/C22H23N5OS.C2HF3O2/c1-28-19-4-2-3-18(13-19)20-14-24-22-21(23-6-7-27(20)22)26-10-8-25(9-11-26)15-17-5-12-29-16-17;3-2(4,5)1(6)7/h2-7,12-14,16H,8-11,15H2,1H3;(H,6,7). The Hall–Kier alpha value is -3.64. The van der Waals surface area contributed by atoms with Gasteiger partial charge in [-0.3, -0.25) is 9.30 Å². The van der Waals surface area contributed by atoms with Crippen molar-refractivity contribution in [1.29, 1.82) is 0 Å². The number of fused-ring (bicyclic) bond motifs is 1. The van der Waals surface area contributed by atoms with E-state index in [1.807, 2.05) is 36.8 Å². The van der Waals surface area contributed by atoms with E-state index >= 15 is 0 Å². The molecule has 0 amide bonds. The van der Waals surface area contributed by atoms with Crippen LogP contribution in [0.15, 0.2) is 59.7 Å². The number of piperazine rings is 1. The number of methoxy groups -OCH3 is 1. The number of alkyl halides is 3. The molecule has 190 valence electrons. The number of carboxylic acid groups (broad SMARTS) is 1. The molecule has 1 aliphatic heterocycles. The number of ether oxygens (including phenoxy) is 1. The van der Waals surface area contributed by atoms with E-state index in [0.29, 0.717) is 0 Å². The van der Waals surface area contributed by atoms with Crippen molar-refractivity contribution in [2.45, 2.75) is 12.7 Å². The van der Waals surface area contributed by atoms with Crippen LogP contribution in [0.4, 0.5) is 19.0 Å². The molecule has 3 aromatic heterocycles. The third kappa shape index (κ3) is 5.94. The highest BCUT2D eigenvalue weighted by molar-refractivity contribution is 7.07. The van der Waals surface area contributed by atoms with Crippen LogP contribution in [0.25, 0.3) is 16.9 Å². The minimum Gasteiger partial charge on any atom is -0.497 e. The van der Waals surface area contributed by atoms with Crippen LogP contribution in [-0.2, 0) is 11.3 Å². The van der Waals surface area contributed by atoms with Crippen molar-refractivity contribution in [2.75, 3.05) is 38.2 Å². The summed E-state index contributed by atoms with van der Waals surface area (Å²) in [5.41, 5.74) is 4.42. The number of aliphatic carboxylic acids is 1. The van der Waals surface area contributed by atoms with Crippen LogP contribution in [0.1, 0.15) is 5.56 Å². The summed E-state index contributed by atoms with van der Waals surface area (Å²) in [6.07, 6.45) is 0.682. The molecule has 4 heterocycles. The van der Waals surface area contributed by atoms with Gasteiger partial charge >= 0.3 is 12.1 Å². The SMILES string of the molecule is COc1cccc(-c2cnc3c(N4CCN(Cc5ccsc5)CC4)nccn23)c1.O=C(O)C(F)(F)F. The van der Waals surface area contributed by atoms with Crippen molar-refractivity contribution in [3.05, 3.63) is 65.2 Å². The minimum absolute atomic E-state index is 0.841. The number of carboxylic acids is 1. The summed E-state index contributed by atoms with van der Waals surface area (Å²) in [4.78, 5) is 23.1. The third-order valence-electron chi connectivity index (χ3n) is 5.68. The zero-order chi connectivity index (χ0) is 25.7. The Balaban J connectivity index is 0.000000384. The molecule has 1 N–H and O–H groups in total. The van der Waals surface area contributed by atoms with E-state index in [4.69, 9.17) is 19.6 Å². The molecule has 4 aromatic rings. The van der Waals surface area contributed by atoms with E-state index in [1.54, 1.807) is 18.4 Å². The summed E-state index contributed by atoms with van der Waals surface area (Å²) >= 11 is 1.76. The summed E-state index contributed by atoms with van der Waals surface area (Å²) in [5, 5.41) is 11.5. The number of aromatic nitrogens is 3. The lowest BCUT2D eigenvalue weighted by atomic mass is 10.1. The lowest BCUT2D eigenvalue weighted by Gasteiger charge is -2.35. The average molecular weight is 520 g/mol. The monoisotopic (exact) mass is 519 g/mol. The van der Waals surface area contributed by atoms with Gasteiger partial charge in [0.25, 0.3) is 0 Å². The molecule has 1 aromatic carbocycles. The maximum absolute atomic E-state index is 10.6. The number of halogens is 3. The first-order chi connectivity index (χ1) is 17.3. The molecule has 1 aliphatic rings. The van der Waals surface area contributed by atoms with Gasteiger partial charge in [0.2, 0.25) is 0 Å². The van der Waals surface area contributed by atoms with Gasteiger partial charge < -0.3 is 14.7 Å². The molecule has 36 heavy (non-hydrogen) atoms. The third-order valence-corrected chi connectivity index (χ3v) is 6.41. The van der Waals surface area contributed by atoms with Crippen molar-refractivity contribution in [3.8, 4) is 17.0 Å². The van der Waals surface area contributed by atoms with Gasteiger partial charge in [0.15, 0.2) is 11.5 Å². The Morgan fingerprint density at radius 1 is 1.17 bits per heavy atom. The predicted molar refractivity (Wildman–Crippen MR) is 130 cm³/mol. The van der Waals surface area contributed by atoms with Crippen molar-refractivity contribution in [2.24, 2.45) is 0 Å². The number of nitrogens with zero attached hydrogens (tertiary/aromatic N) is 5. The number of benzene rings is 1. The van der Waals surface area contributed by atoms with Crippen LogP contribution >= 0.6 is 11.3 Å². The number of hydrogen-bond donors (Lipinski definition) is 1. The Morgan fingerprint density at radius 2 is 1.92 bits per heavy atom. The van der Waals surface area contributed by atoms with Gasteiger partial charge in [-0.05, 0) is 34.5 Å². The Kier molecular flexibility index (Phi) is 7.75. The molecule has 8 nitrogen and oxygen atoms in total. The molecule has 1 saturated heterocycles. The fraction of sp³-hybridized carbons (Fsp3) is 0.292. The highest BCUT2D eigenvalue weighted by Crippen LogP contribution is 2.28. The number of anilines is 1. The summed E-state index contributed by atoms with van der Waals surface area (Å²) in [7, 11) is 1.69. The lowest BCUT2D eigenvalue weighted by molar-refractivity contribution is -0.192. The van der Waals surface area contributed by atoms with Gasteiger partial charge in [-0.15, -0.1) is 0 Å². The van der Waals surface area contributed by atoms with E-state index in [9.17, 15) is 13.2 Å². The number of rotatable bonds is 5. The first-order valence-electron chi connectivity index (χ1n) is 11.0. The molecule has 5 rings (SSSR count). The Morgan fingerprint density at radius 3 is 2.56 bits per heavy atom.